The molecule has 1 unspecified atom stereocenters. The minimum Gasteiger partial charge on any atom is -0.497 e. The van der Waals surface area contributed by atoms with E-state index in [4.69, 9.17) is 21.4 Å². The van der Waals surface area contributed by atoms with Gasteiger partial charge >= 0.3 is 5.97 Å². The first-order valence-electron chi connectivity index (χ1n) is 10.1. The average Bonchev–Trinajstić information content (AvgIpc) is 3.01. The first-order valence-corrected chi connectivity index (χ1v) is 10.4. The Kier molecular flexibility index (Phi) is 6.83. The lowest BCUT2D eigenvalue weighted by Gasteiger charge is -2.12. The highest BCUT2D eigenvalue weighted by atomic mass is 35.5. The van der Waals surface area contributed by atoms with E-state index in [1.165, 1.54) is 0 Å². The van der Waals surface area contributed by atoms with E-state index < -0.39 is 5.97 Å². The highest BCUT2D eigenvalue weighted by Crippen LogP contribution is 2.32. The molecule has 6 heteroatoms. The van der Waals surface area contributed by atoms with Gasteiger partial charge in [0.2, 0.25) is 0 Å². The predicted molar refractivity (Wildman–Crippen MR) is 119 cm³/mol. The van der Waals surface area contributed by atoms with Gasteiger partial charge in [-0.25, -0.2) is 0 Å². The Morgan fingerprint density at radius 1 is 1.17 bits per heavy atom. The molecular formula is C24H26ClNO4. The molecule has 1 N–H and O–H groups in total. The van der Waals surface area contributed by atoms with E-state index in [1.807, 2.05) is 32.0 Å². The van der Waals surface area contributed by atoms with E-state index in [1.54, 1.807) is 35.9 Å². The van der Waals surface area contributed by atoms with E-state index in [2.05, 4.69) is 0 Å². The van der Waals surface area contributed by atoms with Gasteiger partial charge in [-0.3, -0.25) is 14.2 Å². The molecular weight excluding hydrogens is 402 g/mol. The van der Waals surface area contributed by atoms with Crippen molar-refractivity contribution in [3.63, 3.8) is 0 Å². The summed E-state index contributed by atoms with van der Waals surface area (Å²) < 4.78 is 7.13. The van der Waals surface area contributed by atoms with Crippen molar-refractivity contribution in [1.29, 1.82) is 0 Å². The number of nitrogens with zero attached hydrogens (tertiary/aromatic N) is 1. The van der Waals surface area contributed by atoms with Crippen LogP contribution in [0.2, 0.25) is 5.02 Å². The van der Waals surface area contributed by atoms with Crippen molar-refractivity contribution in [2.45, 2.75) is 39.5 Å². The number of methoxy groups -OCH3 is 1. The lowest BCUT2D eigenvalue weighted by molar-refractivity contribution is -0.138. The van der Waals surface area contributed by atoms with Crippen LogP contribution < -0.4 is 4.74 Å². The molecule has 0 amide bonds. The minimum atomic E-state index is -0.777. The molecule has 0 saturated carbocycles. The van der Waals surface area contributed by atoms with Crippen molar-refractivity contribution in [2.75, 3.05) is 7.11 Å². The number of carboxylic acids is 1. The maximum atomic E-state index is 13.3. The molecule has 5 nitrogen and oxygen atoms in total. The van der Waals surface area contributed by atoms with Gasteiger partial charge < -0.3 is 9.84 Å². The summed E-state index contributed by atoms with van der Waals surface area (Å²) in [6.07, 6.45) is 2.40. The number of carbonyl (C=O) groups is 2. The summed E-state index contributed by atoms with van der Waals surface area (Å²) in [5.41, 5.74) is 3.28. The van der Waals surface area contributed by atoms with Crippen LogP contribution in [0.1, 0.15) is 47.8 Å². The van der Waals surface area contributed by atoms with Gasteiger partial charge in [0.1, 0.15) is 5.75 Å². The first-order chi connectivity index (χ1) is 14.3. The van der Waals surface area contributed by atoms with E-state index >= 15 is 0 Å². The third-order valence-corrected chi connectivity index (χ3v) is 5.93. The van der Waals surface area contributed by atoms with Gasteiger partial charge in [-0.15, -0.1) is 0 Å². The Morgan fingerprint density at radius 2 is 1.87 bits per heavy atom. The van der Waals surface area contributed by atoms with Gasteiger partial charge in [-0.2, -0.15) is 0 Å². The largest absolute Gasteiger partial charge is 0.497 e. The SMILES string of the molecule is CCC(CCc1c(C)n(C(=O)c2ccc(Cl)cc2)c2ccc(OC)cc12)CC(=O)O. The number of rotatable bonds is 8. The fraction of sp³-hybridized carbons (Fsp3) is 0.333. The summed E-state index contributed by atoms with van der Waals surface area (Å²) in [6, 6.07) is 12.5. The highest BCUT2D eigenvalue weighted by Gasteiger charge is 2.21. The molecule has 0 radical (unpaired) electrons. The van der Waals surface area contributed by atoms with E-state index in [-0.39, 0.29) is 18.2 Å². The number of ether oxygens (including phenoxy) is 1. The molecule has 1 aromatic heterocycles. The standard InChI is InChI=1S/C24H26ClNO4/c1-4-16(13-23(27)28)5-11-20-15(2)26(22-12-10-19(30-3)14-21(20)22)24(29)17-6-8-18(25)9-7-17/h6-10,12,14,16H,4-5,11,13H2,1-3H3,(H,27,28). The van der Waals surface area contributed by atoms with Crippen LogP contribution in [0.5, 0.6) is 5.75 Å². The molecule has 1 heterocycles. The fourth-order valence-electron chi connectivity index (χ4n) is 3.93. The first kappa shape index (κ1) is 21.9. The van der Waals surface area contributed by atoms with Crippen molar-refractivity contribution in [3.8, 4) is 5.75 Å². The van der Waals surface area contributed by atoms with E-state index in [0.717, 1.165) is 40.8 Å². The molecule has 3 aromatic rings. The number of hydrogen-bond acceptors (Lipinski definition) is 3. The molecule has 0 spiro atoms. The van der Waals surface area contributed by atoms with Crippen molar-refractivity contribution < 1.29 is 19.4 Å². The molecule has 0 bridgehead atoms. The Morgan fingerprint density at radius 3 is 2.47 bits per heavy atom. The lowest BCUT2D eigenvalue weighted by Crippen LogP contribution is -2.14. The second kappa shape index (κ2) is 9.35. The summed E-state index contributed by atoms with van der Waals surface area (Å²) in [7, 11) is 1.61. The molecule has 3 rings (SSSR count). The summed E-state index contributed by atoms with van der Waals surface area (Å²) in [6.45, 7) is 3.95. The number of aliphatic carboxylic acids is 1. The summed E-state index contributed by atoms with van der Waals surface area (Å²) >= 11 is 5.97. The van der Waals surface area contributed by atoms with Crippen LogP contribution in [0.15, 0.2) is 42.5 Å². The van der Waals surface area contributed by atoms with Gasteiger partial charge in [0.05, 0.1) is 12.6 Å². The number of carbonyl (C=O) groups excluding carboxylic acids is 1. The van der Waals surface area contributed by atoms with Gasteiger partial charge in [0.25, 0.3) is 5.91 Å². The monoisotopic (exact) mass is 427 g/mol. The number of benzene rings is 2. The number of halogens is 1. The lowest BCUT2D eigenvalue weighted by atomic mass is 9.93. The molecule has 0 saturated heterocycles. The molecule has 2 aromatic carbocycles. The molecule has 0 aliphatic carbocycles. The summed E-state index contributed by atoms with van der Waals surface area (Å²) in [5.74, 6) is -0.0842. The molecule has 158 valence electrons. The van der Waals surface area contributed by atoms with Gasteiger partial charge in [-0.1, -0.05) is 24.9 Å². The smallest absolute Gasteiger partial charge is 0.303 e. The van der Waals surface area contributed by atoms with Gasteiger partial charge in [0, 0.05) is 28.1 Å². The summed E-state index contributed by atoms with van der Waals surface area (Å²) in [5, 5.41) is 10.7. The van der Waals surface area contributed by atoms with Crippen molar-refractivity contribution in [2.24, 2.45) is 5.92 Å². The zero-order valence-electron chi connectivity index (χ0n) is 17.4. The second-order valence-electron chi connectivity index (χ2n) is 7.51. The summed E-state index contributed by atoms with van der Waals surface area (Å²) in [4.78, 5) is 24.5. The van der Waals surface area contributed by atoms with Crippen LogP contribution in [0.4, 0.5) is 0 Å². The number of fused-ring (bicyclic) bond motifs is 1. The quantitative estimate of drug-likeness (QED) is 0.498. The zero-order chi connectivity index (χ0) is 21.8. The fourth-order valence-corrected chi connectivity index (χ4v) is 4.06. The Hall–Kier alpha value is -2.79. The Bertz CT molecular complexity index is 1070. The second-order valence-corrected chi connectivity index (χ2v) is 7.94. The number of hydrogen-bond donors (Lipinski definition) is 1. The normalized spacial score (nSPS) is 12.1. The third kappa shape index (κ3) is 4.51. The van der Waals surface area contributed by atoms with E-state index in [0.29, 0.717) is 17.0 Å². The van der Waals surface area contributed by atoms with Crippen LogP contribution in [-0.2, 0) is 11.2 Å². The maximum Gasteiger partial charge on any atom is 0.303 e. The molecule has 30 heavy (non-hydrogen) atoms. The number of aryl methyl sites for hydroxylation is 1. The predicted octanol–water partition coefficient (Wildman–Crippen LogP) is 5.73. The van der Waals surface area contributed by atoms with E-state index in [9.17, 15) is 9.59 Å². The Labute approximate surface area is 181 Å². The van der Waals surface area contributed by atoms with Gasteiger partial charge in [0.15, 0.2) is 0 Å². The minimum absolute atomic E-state index is 0.0953. The zero-order valence-corrected chi connectivity index (χ0v) is 18.2. The molecule has 0 aliphatic rings. The van der Waals surface area contributed by atoms with Crippen molar-refractivity contribution in [3.05, 3.63) is 64.3 Å². The topological polar surface area (TPSA) is 68.5 Å². The van der Waals surface area contributed by atoms with Crippen LogP contribution in [-0.4, -0.2) is 28.7 Å². The highest BCUT2D eigenvalue weighted by molar-refractivity contribution is 6.30. The molecule has 0 aliphatic heterocycles. The van der Waals surface area contributed by atoms with Crippen molar-refractivity contribution >= 4 is 34.4 Å². The maximum absolute atomic E-state index is 13.3. The number of carboxylic acid groups (broad SMARTS) is 1. The van der Waals surface area contributed by atoms with Crippen LogP contribution >= 0.6 is 11.6 Å². The van der Waals surface area contributed by atoms with Crippen LogP contribution in [0.25, 0.3) is 10.9 Å². The molecule has 0 fully saturated rings. The van der Waals surface area contributed by atoms with Crippen LogP contribution in [0.3, 0.4) is 0 Å². The Balaban J connectivity index is 2.05. The third-order valence-electron chi connectivity index (χ3n) is 5.68. The van der Waals surface area contributed by atoms with Gasteiger partial charge in [-0.05, 0) is 73.7 Å². The van der Waals surface area contributed by atoms with Crippen molar-refractivity contribution in [1.82, 2.24) is 4.57 Å². The molecule has 1 atom stereocenters. The van der Waals surface area contributed by atoms with Crippen LogP contribution in [0, 0.1) is 12.8 Å². The number of aromatic nitrogens is 1. The average molecular weight is 428 g/mol.